The van der Waals surface area contributed by atoms with Gasteiger partial charge in [0.05, 0.1) is 5.56 Å². The molecule has 0 bridgehead atoms. The molecule has 0 aromatic heterocycles. The Morgan fingerprint density at radius 1 is 0.893 bits per heavy atom. The molecule has 3 aromatic rings. The molecule has 142 valence electrons. The third-order valence-corrected chi connectivity index (χ3v) is 4.45. The highest BCUT2D eigenvalue weighted by Crippen LogP contribution is 2.24. The Hall–Kier alpha value is -3.12. The molecule has 0 saturated heterocycles. The normalized spacial score (nSPS) is 11.5. The van der Waals surface area contributed by atoms with Crippen LogP contribution in [0, 0.1) is 0 Å². The molecule has 0 fully saturated rings. The number of carbonyl (C=O) groups excluding carboxylic acids is 2. The van der Waals surface area contributed by atoms with Gasteiger partial charge >= 0.3 is 5.97 Å². The van der Waals surface area contributed by atoms with Gasteiger partial charge in [-0.2, -0.15) is 0 Å². The molecular formula is C22H18BrNO4. The van der Waals surface area contributed by atoms with Crippen molar-refractivity contribution in [3.8, 4) is 11.5 Å². The van der Waals surface area contributed by atoms with Crippen molar-refractivity contribution in [2.24, 2.45) is 5.73 Å². The zero-order valence-electron chi connectivity index (χ0n) is 14.9. The molecule has 6 heteroatoms. The van der Waals surface area contributed by atoms with Crippen LogP contribution in [0.15, 0.2) is 83.3 Å². The molecule has 0 aliphatic heterocycles. The zero-order chi connectivity index (χ0) is 19.9. The van der Waals surface area contributed by atoms with E-state index in [0.717, 1.165) is 10.0 Å². The molecule has 0 aliphatic rings. The van der Waals surface area contributed by atoms with E-state index in [0.29, 0.717) is 17.1 Å². The summed E-state index contributed by atoms with van der Waals surface area (Å²) in [6.45, 7) is 0. The fourth-order valence-electron chi connectivity index (χ4n) is 2.55. The first-order valence-corrected chi connectivity index (χ1v) is 9.38. The first-order valence-electron chi connectivity index (χ1n) is 8.59. The van der Waals surface area contributed by atoms with Crippen molar-refractivity contribution < 1.29 is 19.1 Å². The number of hydrogen-bond acceptors (Lipinski definition) is 4. The number of rotatable bonds is 7. The minimum Gasteiger partial charge on any atom is -0.457 e. The number of ether oxygens (including phenoxy) is 2. The molecule has 0 radical (unpaired) electrons. The van der Waals surface area contributed by atoms with Crippen LogP contribution in [0.3, 0.4) is 0 Å². The van der Waals surface area contributed by atoms with Crippen LogP contribution < -0.4 is 10.5 Å². The molecule has 1 atom stereocenters. The van der Waals surface area contributed by atoms with E-state index in [9.17, 15) is 9.59 Å². The number of hydrogen-bond donors (Lipinski definition) is 1. The first kappa shape index (κ1) is 19.6. The van der Waals surface area contributed by atoms with Crippen LogP contribution in [0.4, 0.5) is 0 Å². The van der Waals surface area contributed by atoms with Crippen LogP contribution in [0.1, 0.15) is 15.9 Å². The Balaban J connectivity index is 1.65. The van der Waals surface area contributed by atoms with Gasteiger partial charge in [0.25, 0.3) is 5.91 Å². The lowest BCUT2D eigenvalue weighted by Crippen LogP contribution is -2.35. The van der Waals surface area contributed by atoms with Crippen LogP contribution in [-0.4, -0.2) is 18.0 Å². The molecule has 0 aliphatic carbocycles. The summed E-state index contributed by atoms with van der Waals surface area (Å²) < 4.78 is 12.0. The van der Waals surface area contributed by atoms with Crippen molar-refractivity contribution in [1.29, 1.82) is 0 Å². The molecule has 3 rings (SSSR count). The zero-order valence-corrected chi connectivity index (χ0v) is 16.5. The van der Waals surface area contributed by atoms with E-state index in [1.54, 1.807) is 24.3 Å². The molecule has 5 nitrogen and oxygen atoms in total. The average Bonchev–Trinajstić information content (AvgIpc) is 2.69. The standard InChI is InChI=1S/C22H18BrNO4/c23-17-7-4-8-19(14-17)27-18-11-9-16(10-12-18)22(26)28-20(21(24)25)13-15-5-2-1-3-6-15/h1-12,14,20H,13H2,(H2,24,25). The van der Waals surface area contributed by atoms with E-state index in [1.165, 1.54) is 0 Å². The van der Waals surface area contributed by atoms with Gasteiger partial charge in [-0.25, -0.2) is 4.79 Å². The Labute approximate surface area is 171 Å². The highest BCUT2D eigenvalue weighted by Gasteiger charge is 2.21. The molecular weight excluding hydrogens is 422 g/mol. The van der Waals surface area contributed by atoms with Crippen LogP contribution in [0.2, 0.25) is 0 Å². The lowest BCUT2D eigenvalue weighted by molar-refractivity contribution is -0.126. The lowest BCUT2D eigenvalue weighted by atomic mass is 10.1. The predicted molar refractivity (Wildman–Crippen MR) is 109 cm³/mol. The lowest BCUT2D eigenvalue weighted by Gasteiger charge is -2.15. The number of esters is 1. The van der Waals surface area contributed by atoms with Crippen molar-refractivity contribution in [2.45, 2.75) is 12.5 Å². The van der Waals surface area contributed by atoms with Crippen molar-refractivity contribution in [2.75, 3.05) is 0 Å². The van der Waals surface area contributed by atoms with Gasteiger partial charge in [0.1, 0.15) is 11.5 Å². The van der Waals surface area contributed by atoms with Gasteiger partial charge in [-0.05, 0) is 48.0 Å². The van der Waals surface area contributed by atoms with Crippen molar-refractivity contribution in [3.05, 3.63) is 94.5 Å². The van der Waals surface area contributed by atoms with Gasteiger partial charge in [0, 0.05) is 10.9 Å². The van der Waals surface area contributed by atoms with Crippen LogP contribution >= 0.6 is 15.9 Å². The Bertz CT molecular complexity index is 958. The molecule has 1 unspecified atom stereocenters. The second-order valence-corrected chi connectivity index (χ2v) is 6.99. The fraction of sp³-hybridized carbons (Fsp3) is 0.0909. The smallest absolute Gasteiger partial charge is 0.338 e. The summed E-state index contributed by atoms with van der Waals surface area (Å²) in [6.07, 6.45) is -0.807. The summed E-state index contributed by atoms with van der Waals surface area (Å²) in [5.41, 5.74) is 6.56. The minimum atomic E-state index is -1.03. The SMILES string of the molecule is NC(=O)C(Cc1ccccc1)OC(=O)c1ccc(Oc2cccc(Br)c2)cc1. The van der Waals surface area contributed by atoms with Gasteiger partial charge in [-0.1, -0.05) is 52.3 Å². The van der Waals surface area contributed by atoms with Crippen molar-refractivity contribution in [1.82, 2.24) is 0 Å². The third kappa shape index (κ3) is 5.44. The summed E-state index contributed by atoms with van der Waals surface area (Å²) in [4.78, 5) is 24.1. The largest absolute Gasteiger partial charge is 0.457 e. The summed E-state index contributed by atoms with van der Waals surface area (Å²) in [6, 6.07) is 23.2. The van der Waals surface area contributed by atoms with Crippen LogP contribution in [0.25, 0.3) is 0 Å². The maximum atomic E-state index is 12.4. The number of primary amides is 1. The van der Waals surface area contributed by atoms with Gasteiger partial charge in [0.2, 0.25) is 0 Å². The summed E-state index contributed by atoms with van der Waals surface area (Å²) in [5.74, 6) is -0.0627. The van der Waals surface area contributed by atoms with Gasteiger partial charge in [-0.15, -0.1) is 0 Å². The second-order valence-electron chi connectivity index (χ2n) is 6.07. The molecule has 1 amide bonds. The van der Waals surface area contributed by atoms with Gasteiger partial charge in [-0.3, -0.25) is 4.79 Å². The number of nitrogens with two attached hydrogens (primary N) is 1. The van der Waals surface area contributed by atoms with Crippen molar-refractivity contribution >= 4 is 27.8 Å². The third-order valence-electron chi connectivity index (χ3n) is 3.95. The quantitative estimate of drug-likeness (QED) is 0.549. The summed E-state index contributed by atoms with van der Waals surface area (Å²) in [7, 11) is 0. The van der Waals surface area contributed by atoms with E-state index in [4.69, 9.17) is 15.2 Å². The van der Waals surface area contributed by atoms with E-state index in [-0.39, 0.29) is 6.42 Å². The van der Waals surface area contributed by atoms with Gasteiger partial charge in [0.15, 0.2) is 6.10 Å². The Morgan fingerprint density at radius 3 is 2.25 bits per heavy atom. The number of carbonyl (C=O) groups is 2. The van der Waals surface area contributed by atoms with E-state index in [2.05, 4.69) is 15.9 Å². The molecule has 0 saturated carbocycles. The molecule has 0 spiro atoms. The number of benzene rings is 3. The highest BCUT2D eigenvalue weighted by molar-refractivity contribution is 9.10. The highest BCUT2D eigenvalue weighted by atomic mass is 79.9. The summed E-state index contributed by atoms with van der Waals surface area (Å²) >= 11 is 3.39. The van der Waals surface area contributed by atoms with Gasteiger partial charge < -0.3 is 15.2 Å². The monoisotopic (exact) mass is 439 g/mol. The molecule has 0 heterocycles. The molecule has 28 heavy (non-hydrogen) atoms. The Morgan fingerprint density at radius 2 is 1.61 bits per heavy atom. The molecule has 3 aromatic carbocycles. The second kappa shape index (κ2) is 9.19. The maximum absolute atomic E-state index is 12.4. The number of halogens is 1. The van der Waals surface area contributed by atoms with E-state index in [1.807, 2.05) is 54.6 Å². The topological polar surface area (TPSA) is 78.6 Å². The van der Waals surface area contributed by atoms with Crippen molar-refractivity contribution in [3.63, 3.8) is 0 Å². The van der Waals surface area contributed by atoms with Crippen LogP contribution in [0.5, 0.6) is 11.5 Å². The Kier molecular flexibility index (Phi) is 6.45. The van der Waals surface area contributed by atoms with E-state index < -0.39 is 18.0 Å². The molecule has 2 N–H and O–H groups in total. The first-order chi connectivity index (χ1) is 13.5. The predicted octanol–water partition coefficient (Wildman–Crippen LogP) is 4.49. The fourth-order valence-corrected chi connectivity index (χ4v) is 2.93. The average molecular weight is 440 g/mol. The van der Waals surface area contributed by atoms with E-state index >= 15 is 0 Å². The maximum Gasteiger partial charge on any atom is 0.338 e. The summed E-state index contributed by atoms with van der Waals surface area (Å²) in [5, 5.41) is 0. The minimum absolute atomic E-state index is 0.228. The number of amides is 1. The van der Waals surface area contributed by atoms with Crippen LogP contribution in [-0.2, 0) is 16.0 Å².